The highest BCUT2D eigenvalue weighted by Gasteiger charge is 2.46. The fourth-order valence-electron chi connectivity index (χ4n) is 6.75. The van der Waals surface area contributed by atoms with Crippen molar-refractivity contribution in [2.45, 2.75) is 218 Å². The van der Waals surface area contributed by atoms with Crippen LogP contribution in [0.1, 0.15) is 181 Å². The van der Waals surface area contributed by atoms with E-state index in [0.29, 0.717) is 19.3 Å². The molecule has 12 nitrogen and oxygen atoms in total. The number of rotatable bonds is 38. The third kappa shape index (κ3) is 31.5. The molecule has 1 rings (SSSR count). The van der Waals surface area contributed by atoms with Crippen molar-refractivity contribution in [3.8, 4) is 0 Å². The molecular formula is C47H82O12S. The maximum atomic E-state index is 12.8. The molecule has 0 radical (unpaired) electrons. The second-order valence-corrected chi connectivity index (χ2v) is 17.6. The SMILES string of the molecule is CCCCCCCC/C=C/C/C=C/C/C=C/CCCC(=O)OC[C@H](CO[C@H]1O[C@H](CS(=O)(=O)O)[C@@H](O)C(O)C1O)OC(=O)CCCCCCC/C=C/CCCCCCCC. The van der Waals surface area contributed by atoms with Gasteiger partial charge < -0.3 is 34.3 Å². The molecule has 1 aliphatic rings. The van der Waals surface area contributed by atoms with E-state index < -0.39 is 71.2 Å². The Labute approximate surface area is 363 Å². The zero-order chi connectivity index (χ0) is 44.1. The zero-order valence-electron chi connectivity index (χ0n) is 37.1. The molecule has 4 N–H and O–H groups in total. The summed E-state index contributed by atoms with van der Waals surface area (Å²) < 4.78 is 54.0. The molecule has 348 valence electrons. The number of hydrogen-bond donors (Lipinski definition) is 4. The lowest BCUT2D eigenvalue weighted by Gasteiger charge is -2.40. The molecule has 0 aromatic rings. The van der Waals surface area contributed by atoms with Crippen LogP contribution in [0.4, 0.5) is 0 Å². The molecule has 60 heavy (non-hydrogen) atoms. The monoisotopic (exact) mass is 871 g/mol. The minimum atomic E-state index is -4.61. The summed E-state index contributed by atoms with van der Waals surface area (Å²) in [6, 6.07) is 0. The summed E-state index contributed by atoms with van der Waals surface area (Å²) in [5, 5.41) is 30.9. The van der Waals surface area contributed by atoms with Crippen LogP contribution in [0.25, 0.3) is 0 Å². The minimum absolute atomic E-state index is 0.143. The number of hydrogen-bond acceptors (Lipinski definition) is 11. The first-order valence-electron chi connectivity index (χ1n) is 23.2. The van der Waals surface area contributed by atoms with Gasteiger partial charge in [0.25, 0.3) is 10.1 Å². The van der Waals surface area contributed by atoms with E-state index in [1.54, 1.807) is 0 Å². The minimum Gasteiger partial charge on any atom is -0.462 e. The zero-order valence-corrected chi connectivity index (χ0v) is 37.9. The number of esters is 2. The van der Waals surface area contributed by atoms with Crippen molar-refractivity contribution in [1.29, 1.82) is 0 Å². The second-order valence-electron chi connectivity index (χ2n) is 16.1. The Bertz CT molecular complexity index is 1300. The maximum absolute atomic E-state index is 12.8. The predicted molar refractivity (Wildman–Crippen MR) is 238 cm³/mol. The predicted octanol–water partition coefficient (Wildman–Crippen LogP) is 9.56. The van der Waals surface area contributed by atoms with Gasteiger partial charge in [-0.3, -0.25) is 14.1 Å². The lowest BCUT2D eigenvalue weighted by atomic mass is 10.00. The summed E-state index contributed by atoms with van der Waals surface area (Å²) in [6.45, 7) is 3.69. The van der Waals surface area contributed by atoms with Crippen molar-refractivity contribution in [1.82, 2.24) is 0 Å². The lowest BCUT2D eigenvalue weighted by Crippen LogP contribution is -2.60. The molecule has 0 aromatic heterocycles. The molecule has 2 unspecified atom stereocenters. The average molecular weight is 871 g/mol. The number of allylic oxidation sites excluding steroid dienone is 8. The van der Waals surface area contributed by atoms with Crippen LogP contribution in [0.15, 0.2) is 48.6 Å². The van der Waals surface area contributed by atoms with Crippen molar-refractivity contribution >= 4 is 22.1 Å². The molecule has 1 saturated heterocycles. The molecule has 0 amide bonds. The van der Waals surface area contributed by atoms with Crippen molar-refractivity contribution in [2.75, 3.05) is 19.0 Å². The molecule has 0 spiro atoms. The smallest absolute Gasteiger partial charge is 0.306 e. The van der Waals surface area contributed by atoms with Crippen LogP contribution < -0.4 is 0 Å². The molecule has 1 heterocycles. The van der Waals surface area contributed by atoms with E-state index in [4.69, 9.17) is 18.9 Å². The topological polar surface area (TPSA) is 186 Å². The third-order valence-electron chi connectivity index (χ3n) is 10.4. The number of aliphatic hydroxyl groups is 3. The first kappa shape index (κ1) is 55.6. The molecule has 0 saturated carbocycles. The number of ether oxygens (including phenoxy) is 4. The van der Waals surface area contributed by atoms with Gasteiger partial charge in [0.15, 0.2) is 12.4 Å². The summed E-state index contributed by atoms with van der Waals surface area (Å²) in [4.78, 5) is 25.4. The third-order valence-corrected chi connectivity index (χ3v) is 11.1. The molecule has 0 aliphatic carbocycles. The van der Waals surface area contributed by atoms with Gasteiger partial charge in [-0.15, -0.1) is 0 Å². The van der Waals surface area contributed by atoms with Crippen LogP contribution in [-0.4, -0.2) is 96.0 Å². The van der Waals surface area contributed by atoms with E-state index in [1.165, 1.54) is 77.0 Å². The van der Waals surface area contributed by atoms with E-state index in [9.17, 15) is 37.9 Å². The molecule has 0 bridgehead atoms. The molecular weight excluding hydrogens is 789 g/mol. The quantitative estimate of drug-likeness (QED) is 0.0200. The lowest BCUT2D eigenvalue weighted by molar-refractivity contribution is -0.297. The van der Waals surface area contributed by atoms with Crippen LogP contribution in [0.5, 0.6) is 0 Å². The van der Waals surface area contributed by atoms with E-state index in [2.05, 4.69) is 56.4 Å². The van der Waals surface area contributed by atoms with Gasteiger partial charge >= 0.3 is 11.9 Å². The summed E-state index contributed by atoms with van der Waals surface area (Å²) in [5.41, 5.74) is 0. The second kappa shape index (κ2) is 37.2. The Morgan fingerprint density at radius 3 is 1.55 bits per heavy atom. The first-order chi connectivity index (χ1) is 29.0. The highest BCUT2D eigenvalue weighted by atomic mass is 32.2. The van der Waals surface area contributed by atoms with Gasteiger partial charge in [-0.1, -0.05) is 146 Å². The van der Waals surface area contributed by atoms with Gasteiger partial charge in [-0.2, -0.15) is 8.42 Å². The Kier molecular flexibility index (Phi) is 34.5. The maximum Gasteiger partial charge on any atom is 0.306 e. The first-order valence-corrected chi connectivity index (χ1v) is 24.8. The number of carbonyl (C=O) groups is 2. The number of carbonyl (C=O) groups excluding carboxylic acids is 2. The average Bonchev–Trinajstić information content (AvgIpc) is 3.21. The van der Waals surface area contributed by atoms with Gasteiger partial charge in [0.1, 0.15) is 36.8 Å². The fourth-order valence-corrected chi connectivity index (χ4v) is 7.44. The van der Waals surface area contributed by atoms with Gasteiger partial charge in [-0.25, -0.2) is 0 Å². The van der Waals surface area contributed by atoms with Crippen molar-refractivity contribution in [3.63, 3.8) is 0 Å². The molecule has 13 heteroatoms. The van der Waals surface area contributed by atoms with Crippen LogP contribution in [0, 0.1) is 0 Å². The summed E-state index contributed by atoms with van der Waals surface area (Å²) in [5.74, 6) is -2.06. The Morgan fingerprint density at radius 2 is 1.02 bits per heavy atom. The summed E-state index contributed by atoms with van der Waals surface area (Å²) in [7, 11) is -4.61. The molecule has 1 fully saturated rings. The van der Waals surface area contributed by atoms with Gasteiger partial charge in [0, 0.05) is 12.8 Å². The molecule has 6 atom stereocenters. The van der Waals surface area contributed by atoms with Crippen LogP contribution in [0.2, 0.25) is 0 Å². The van der Waals surface area contributed by atoms with Gasteiger partial charge in [0.2, 0.25) is 0 Å². The highest BCUT2D eigenvalue weighted by molar-refractivity contribution is 7.85. The van der Waals surface area contributed by atoms with Crippen LogP contribution >= 0.6 is 0 Å². The van der Waals surface area contributed by atoms with Gasteiger partial charge in [-0.05, 0) is 70.6 Å². The highest BCUT2D eigenvalue weighted by Crippen LogP contribution is 2.24. The van der Waals surface area contributed by atoms with E-state index >= 15 is 0 Å². The Balaban J connectivity index is 2.49. The van der Waals surface area contributed by atoms with Crippen molar-refractivity contribution in [3.05, 3.63) is 48.6 Å². The fraction of sp³-hybridized carbons (Fsp3) is 0.787. The van der Waals surface area contributed by atoms with E-state index in [0.717, 1.165) is 57.8 Å². The number of unbranched alkanes of at least 4 members (excludes halogenated alkanes) is 18. The molecule has 0 aromatic carbocycles. The summed E-state index contributed by atoms with van der Waals surface area (Å²) in [6.07, 6.45) is 34.5. The van der Waals surface area contributed by atoms with Crippen molar-refractivity contribution in [2.24, 2.45) is 0 Å². The summed E-state index contributed by atoms with van der Waals surface area (Å²) >= 11 is 0. The van der Waals surface area contributed by atoms with E-state index in [1.807, 2.05) is 6.08 Å². The van der Waals surface area contributed by atoms with Crippen LogP contribution in [0.3, 0.4) is 0 Å². The molecule has 1 aliphatic heterocycles. The Hall–Kier alpha value is -2.39. The van der Waals surface area contributed by atoms with Crippen LogP contribution in [-0.2, 0) is 38.7 Å². The van der Waals surface area contributed by atoms with Gasteiger partial charge in [0.05, 0.1) is 6.61 Å². The van der Waals surface area contributed by atoms with Crippen molar-refractivity contribution < 1.29 is 56.8 Å². The van der Waals surface area contributed by atoms with E-state index in [-0.39, 0.29) is 19.4 Å². The Morgan fingerprint density at radius 1 is 0.567 bits per heavy atom. The largest absolute Gasteiger partial charge is 0.462 e. The standard InChI is InChI=1S/C47H82O12S/c1-3-5-7-9-11-13-15-17-19-20-22-23-25-27-29-31-33-35-42(48)56-37-40(38-57-47-46(52)45(51)44(50)41(59-47)39-60(53,54)55)58-43(49)36-34-32-30-28-26-24-21-18-16-14-12-10-8-6-4-2/h17-19,21-23,27,29,40-41,44-47,50-52H,3-16,20,24-26,28,30-39H2,1-2H3,(H,53,54,55)/b19-17+,21-18+,23-22+,29-27+/t40-,41-,44-,45?,46?,47+/m1/s1. The normalized spacial score (nSPS) is 20.5. The number of aliphatic hydroxyl groups excluding tert-OH is 3.